The molecule has 25 heavy (non-hydrogen) atoms. The molecule has 0 heterocycles. The molecule has 0 aliphatic rings. The first-order chi connectivity index (χ1) is 12.3. The van der Waals surface area contributed by atoms with Gasteiger partial charge in [0.2, 0.25) is 0 Å². The Morgan fingerprint density at radius 1 is 0.760 bits per heavy atom. The molecule has 0 aliphatic carbocycles. The van der Waals surface area contributed by atoms with Crippen molar-refractivity contribution in [2.75, 3.05) is 0 Å². The Labute approximate surface area is 148 Å². The highest BCUT2D eigenvalue weighted by Gasteiger charge is 2.28. The Balaban J connectivity index is 1.84. The summed E-state index contributed by atoms with van der Waals surface area (Å²) in [6.45, 7) is 0. The molecule has 3 aromatic rings. The van der Waals surface area contributed by atoms with Crippen molar-refractivity contribution in [3.05, 3.63) is 108 Å². The topological polar surface area (TPSA) is 37.3 Å². The number of hydrogen-bond acceptors (Lipinski definition) is 2. The normalized spacial score (nSPS) is 13.2. The van der Waals surface area contributed by atoms with E-state index in [1.54, 1.807) is 0 Å². The monoisotopic (exact) mass is 330 g/mol. The van der Waals surface area contributed by atoms with E-state index in [0.717, 1.165) is 12.0 Å². The Morgan fingerprint density at radius 2 is 1.28 bits per heavy atom. The van der Waals surface area contributed by atoms with Crippen molar-refractivity contribution in [1.29, 1.82) is 0 Å². The molecule has 0 saturated heterocycles. The molecule has 0 saturated carbocycles. The first-order valence-electron chi connectivity index (χ1n) is 8.62. The fourth-order valence-corrected chi connectivity index (χ4v) is 3.10. The van der Waals surface area contributed by atoms with Crippen LogP contribution in [0.5, 0.6) is 0 Å². The van der Waals surface area contributed by atoms with E-state index in [0.29, 0.717) is 12.0 Å². The molecule has 0 aliphatic heterocycles. The predicted octanol–water partition coefficient (Wildman–Crippen LogP) is 4.85. The molecule has 0 unspecified atom stereocenters. The summed E-state index contributed by atoms with van der Waals surface area (Å²) in [5.74, 6) is -0.474. The minimum absolute atomic E-state index is 0.00659. The lowest BCUT2D eigenvalue weighted by atomic mass is 9.84. The van der Waals surface area contributed by atoms with Crippen molar-refractivity contribution in [2.24, 2.45) is 5.92 Å². The van der Waals surface area contributed by atoms with Crippen LogP contribution >= 0.6 is 0 Å². The number of Topliss-reactive ketones (excluding diaryl/α,β-unsaturated/α-hetero) is 1. The molecule has 3 rings (SSSR count). The highest BCUT2D eigenvalue weighted by atomic mass is 16.3. The van der Waals surface area contributed by atoms with Crippen LogP contribution in [0.3, 0.4) is 0 Å². The van der Waals surface area contributed by atoms with Gasteiger partial charge in [0.25, 0.3) is 0 Å². The molecule has 2 heteroatoms. The van der Waals surface area contributed by atoms with Crippen molar-refractivity contribution in [1.82, 2.24) is 0 Å². The summed E-state index contributed by atoms with van der Waals surface area (Å²) in [5, 5.41) is 10.9. The summed E-state index contributed by atoms with van der Waals surface area (Å²) in [6, 6.07) is 28.8. The molecule has 126 valence electrons. The maximum Gasteiger partial charge on any atom is 0.168 e. The number of aliphatic hydroxyl groups is 1. The number of aliphatic hydroxyl groups excluding tert-OH is 1. The number of aryl methyl sites for hydroxylation is 1. The highest BCUT2D eigenvalue weighted by molar-refractivity contribution is 5.98. The van der Waals surface area contributed by atoms with Crippen molar-refractivity contribution in [3.63, 3.8) is 0 Å². The molecule has 3 aromatic carbocycles. The van der Waals surface area contributed by atoms with Crippen LogP contribution in [0, 0.1) is 5.92 Å². The average molecular weight is 330 g/mol. The van der Waals surface area contributed by atoms with Gasteiger partial charge in [0.1, 0.15) is 0 Å². The number of benzene rings is 3. The third-order valence-electron chi connectivity index (χ3n) is 4.50. The molecule has 2 atom stereocenters. The first kappa shape index (κ1) is 17.1. The molecule has 0 bridgehead atoms. The van der Waals surface area contributed by atoms with Crippen LogP contribution in [0.4, 0.5) is 0 Å². The minimum atomic E-state index is -0.808. The Bertz CT molecular complexity index is 782. The molecule has 0 amide bonds. The van der Waals surface area contributed by atoms with Gasteiger partial charge >= 0.3 is 0 Å². The molecule has 0 spiro atoms. The predicted molar refractivity (Wildman–Crippen MR) is 100 cm³/mol. The Hall–Kier alpha value is -2.71. The van der Waals surface area contributed by atoms with E-state index >= 15 is 0 Å². The third kappa shape index (κ3) is 4.43. The van der Waals surface area contributed by atoms with Crippen LogP contribution in [0.15, 0.2) is 91.0 Å². The van der Waals surface area contributed by atoms with Crippen LogP contribution < -0.4 is 0 Å². The fraction of sp³-hybridized carbons (Fsp3) is 0.174. The number of hydrogen-bond donors (Lipinski definition) is 1. The zero-order chi connectivity index (χ0) is 17.5. The zero-order valence-corrected chi connectivity index (χ0v) is 14.1. The van der Waals surface area contributed by atoms with Crippen LogP contribution in [0.25, 0.3) is 0 Å². The SMILES string of the molecule is O=C(c1ccccc1)[C@H](CCc1ccccc1)[C@@H](O)c1ccccc1. The quantitative estimate of drug-likeness (QED) is 0.629. The van der Waals surface area contributed by atoms with Gasteiger partial charge in [-0.15, -0.1) is 0 Å². The maximum atomic E-state index is 13.0. The smallest absolute Gasteiger partial charge is 0.168 e. The maximum absolute atomic E-state index is 13.0. The van der Waals surface area contributed by atoms with Gasteiger partial charge in [0.05, 0.1) is 12.0 Å². The Morgan fingerprint density at radius 3 is 1.88 bits per heavy atom. The second kappa shape index (κ2) is 8.41. The van der Waals surface area contributed by atoms with E-state index in [9.17, 15) is 9.90 Å². The second-order valence-corrected chi connectivity index (χ2v) is 6.22. The van der Waals surface area contributed by atoms with Gasteiger partial charge in [-0.1, -0.05) is 91.0 Å². The van der Waals surface area contributed by atoms with Gasteiger partial charge in [-0.05, 0) is 24.0 Å². The van der Waals surface area contributed by atoms with E-state index in [2.05, 4.69) is 12.1 Å². The number of carbonyl (C=O) groups is 1. The van der Waals surface area contributed by atoms with Crippen LogP contribution in [-0.2, 0) is 6.42 Å². The van der Waals surface area contributed by atoms with Gasteiger partial charge in [0.15, 0.2) is 5.78 Å². The van der Waals surface area contributed by atoms with E-state index in [-0.39, 0.29) is 5.78 Å². The number of rotatable bonds is 7. The first-order valence-corrected chi connectivity index (χ1v) is 8.62. The van der Waals surface area contributed by atoms with Crippen LogP contribution in [0.1, 0.15) is 34.0 Å². The largest absolute Gasteiger partial charge is 0.388 e. The fourth-order valence-electron chi connectivity index (χ4n) is 3.10. The molecule has 2 nitrogen and oxygen atoms in total. The number of carbonyl (C=O) groups excluding carboxylic acids is 1. The van der Waals surface area contributed by atoms with Gasteiger partial charge in [-0.3, -0.25) is 4.79 Å². The molecule has 0 aromatic heterocycles. The lowest BCUT2D eigenvalue weighted by Crippen LogP contribution is -2.23. The number of ketones is 1. The van der Waals surface area contributed by atoms with E-state index in [1.165, 1.54) is 5.56 Å². The van der Waals surface area contributed by atoms with Crippen molar-refractivity contribution >= 4 is 5.78 Å². The van der Waals surface area contributed by atoms with Gasteiger partial charge in [-0.25, -0.2) is 0 Å². The summed E-state index contributed by atoms with van der Waals surface area (Å²) in [4.78, 5) is 13.0. The average Bonchev–Trinajstić information content (AvgIpc) is 2.70. The van der Waals surface area contributed by atoms with Gasteiger partial charge < -0.3 is 5.11 Å². The summed E-state index contributed by atoms with van der Waals surface area (Å²) in [7, 11) is 0. The summed E-state index contributed by atoms with van der Waals surface area (Å²) in [6.07, 6.45) is 0.555. The molecule has 1 N–H and O–H groups in total. The van der Waals surface area contributed by atoms with Crippen LogP contribution in [0.2, 0.25) is 0 Å². The van der Waals surface area contributed by atoms with Crippen LogP contribution in [-0.4, -0.2) is 10.9 Å². The lowest BCUT2D eigenvalue weighted by Gasteiger charge is -2.22. The van der Waals surface area contributed by atoms with Crippen molar-refractivity contribution in [3.8, 4) is 0 Å². The van der Waals surface area contributed by atoms with E-state index < -0.39 is 12.0 Å². The Kier molecular flexibility index (Phi) is 5.76. The second-order valence-electron chi connectivity index (χ2n) is 6.22. The third-order valence-corrected chi connectivity index (χ3v) is 4.50. The molecular formula is C23H22O2. The lowest BCUT2D eigenvalue weighted by molar-refractivity contribution is 0.0657. The van der Waals surface area contributed by atoms with Crippen molar-refractivity contribution in [2.45, 2.75) is 18.9 Å². The van der Waals surface area contributed by atoms with E-state index in [1.807, 2.05) is 78.9 Å². The standard InChI is InChI=1S/C23H22O2/c24-22(19-12-6-2-7-13-19)21(17-16-18-10-4-1-5-11-18)23(25)20-14-8-3-9-15-20/h1-15,21-22,24H,16-17H2/t21-,22+/m1/s1. The minimum Gasteiger partial charge on any atom is -0.388 e. The zero-order valence-electron chi connectivity index (χ0n) is 14.1. The van der Waals surface area contributed by atoms with Crippen molar-refractivity contribution < 1.29 is 9.90 Å². The van der Waals surface area contributed by atoms with E-state index in [4.69, 9.17) is 0 Å². The molecule has 0 radical (unpaired) electrons. The van der Waals surface area contributed by atoms with Gasteiger partial charge in [-0.2, -0.15) is 0 Å². The van der Waals surface area contributed by atoms with Gasteiger partial charge in [0, 0.05) is 5.56 Å². The molecule has 0 fully saturated rings. The summed E-state index contributed by atoms with van der Waals surface area (Å²) < 4.78 is 0. The highest BCUT2D eigenvalue weighted by Crippen LogP contribution is 2.29. The molecular weight excluding hydrogens is 308 g/mol. The summed E-state index contributed by atoms with van der Waals surface area (Å²) >= 11 is 0. The summed E-state index contributed by atoms with van der Waals surface area (Å²) in [5.41, 5.74) is 2.61.